The summed E-state index contributed by atoms with van der Waals surface area (Å²) in [6.45, 7) is 0. The third kappa shape index (κ3) is 2.53. The van der Waals surface area contributed by atoms with E-state index in [1.807, 2.05) is 12.1 Å². The molecule has 1 fully saturated rings. The van der Waals surface area contributed by atoms with Gasteiger partial charge in [0.2, 0.25) is 0 Å². The molecule has 0 N–H and O–H groups in total. The smallest absolute Gasteiger partial charge is 0.179 e. The Morgan fingerprint density at radius 1 is 1.28 bits per heavy atom. The fourth-order valence-electron chi connectivity index (χ4n) is 1.69. The Balaban J connectivity index is 2.09. The molecule has 0 aliphatic heterocycles. The molecule has 1 saturated carbocycles. The van der Waals surface area contributed by atoms with E-state index in [0.717, 1.165) is 19.4 Å². The molecule has 0 radical (unpaired) electrons. The Bertz CT molecular complexity index is 599. The minimum absolute atomic E-state index is 0.521. The third-order valence-electron chi connectivity index (χ3n) is 2.76. The highest BCUT2D eigenvalue weighted by molar-refractivity contribution is 14.1. The van der Waals surface area contributed by atoms with Gasteiger partial charge < -0.3 is 0 Å². The molecule has 0 unspecified atom stereocenters. The van der Waals surface area contributed by atoms with Crippen LogP contribution in [0.25, 0.3) is 11.5 Å². The zero-order valence-electron chi connectivity index (χ0n) is 9.20. The minimum atomic E-state index is 0.521. The lowest BCUT2D eigenvalue weighted by Crippen LogP contribution is -2.00. The van der Waals surface area contributed by atoms with Gasteiger partial charge in [0.15, 0.2) is 5.82 Å². The summed E-state index contributed by atoms with van der Waals surface area (Å²) in [6.07, 6.45) is 4.12. The molecular formula is C12H8BrClIN3. The fraction of sp³-hybridized carbons (Fsp3) is 0.250. The summed E-state index contributed by atoms with van der Waals surface area (Å²) in [6, 6.07) is 3.81. The van der Waals surface area contributed by atoms with E-state index in [9.17, 15) is 0 Å². The van der Waals surface area contributed by atoms with E-state index in [4.69, 9.17) is 11.6 Å². The first-order valence-electron chi connectivity index (χ1n) is 5.50. The molecule has 0 aromatic carbocycles. The Labute approximate surface area is 132 Å². The summed E-state index contributed by atoms with van der Waals surface area (Å²) < 4.78 is 1.91. The standard InChI is InChI=1S/C12H8BrClIN3/c13-7-3-4-8(16-5-7)12-17-10(6-1-2-6)9(15)11(14)18-12/h3-6H,1-2H2. The summed E-state index contributed by atoms with van der Waals surface area (Å²) >= 11 is 11.8. The highest BCUT2D eigenvalue weighted by Crippen LogP contribution is 2.42. The van der Waals surface area contributed by atoms with Crippen molar-refractivity contribution in [3.63, 3.8) is 0 Å². The van der Waals surface area contributed by atoms with E-state index in [1.165, 1.54) is 12.8 Å². The van der Waals surface area contributed by atoms with Crippen LogP contribution in [0.5, 0.6) is 0 Å². The van der Waals surface area contributed by atoms with Gasteiger partial charge in [0.1, 0.15) is 10.8 Å². The van der Waals surface area contributed by atoms with E-state index in [0.29, 0.717) is 16.9 Å². The molecule has 0 bridgehead atoms. The van der Waals surface area contributed by atoms with Crippen molar-refractivity contribution in [1.82, 2.24) is 15.0 Å². The zero-order chi connectivity index (χ0) is 12.7. The second-order valence-corrected chi connectivity index (χ2v) is 6.53. The Morgan fingerprint density at radius 3 is 2.67 bits per heavy atom. The number of pyridine rings is 1. The molecule has 2 heterocycles. The molecule has 3 nitrogen and oxygen atoms in total. The van der Waals surface area contributed by atoms with Gasteiger partial charge in [0, 0.05) is 16.6 Å². The van der Waals surface area contributed by atoms with E-state index >= 15 is 0 Å². The van der Waals surface area contributed by atoms with Crippen LogP contribution in [-0.4, -0.2) is 15.0 Å². The summed E-state index contributed by atoms with van der Waals surface area (Å²) in [5, 5.41) is 0.521. The lowest BCUT2D eigenvalue weighted by atomic mass is 10.2. The third-order valence-corrected chi connectivity index (χ3v) is 4.88. The van der Waals surface area contributed by atoms with Gasteiger partial charge in [-0.1, -0.05) is 11.6 Å². The Kier molecular flexibility index (Phi) is 3.55. The van der Waals surface area contributed by atoms with Crippen molar-refractivity contribution in [2.75, 3.05) is 0 Å². The topological polar surface area (TPSA) is 38.7 Å². The predicted molar refractivity (Wildman–Crippen MR) is 82.7 cm³/mol. The van der Waals surface area contributed by atoms with E-state index < -0.39 is 0 Å². The molecule has 3 rings (SSSR count). The van der Waals surface area contributed by atoms with Crippen molar-refractivity contribution < 1.29 is 0 Å². The van der Waals surface area contributed by atoms with Crippen LogP contribution in [0.3, 0.4) is 0 Å². The number of aromatic nitrogens is 3. The van der Waals surface area contributed by atoms with Gasteiger partial charge in [-0.2, -0.15) is 0 Å². The number of rotatable bonds is 2. The monoisotopic (exact) mass is 435 g/mol. The fourth-order valence-corrected chi connectivity index (χ4v) is 2.78. The van der Waals surface area contributed by atoms with Crippen molar-refractivity contribution in [2.45, 2.75) is 18.8 Å². The zero-order valence-corrected chi connectivity index (χ0v) is 13.7. The van der Waals surface area contributed by atoms with E-state index in [1.54, 1.807) is 6.20 Å². The van der Waals surface area contributed by atoms with Crippen molar-refractivity contribution in [3.8, 4) is 11.5 Å². The average Bonchev–Trinajstić information content (AvgIpc) is 3.18. The molecule has 0 atom stereocenters. The first-order valence-corrected chi connectivity index (χ1v) is 7.75. The van der Waals surface area contributed by atoms with Gasteiger partial charge in [-0.25, -0.2) is 9.97 Å². The van der Waals surface area contributed by atoms with Gasteiger partial charge in [-0.15, -0.1) is 0 Å². The lowest BCUT2D eigenvalue weighted by Gasteiger charge is -2.07. The van der Waals surface area contributed by atoms with Crippen LogP contribution in [-0.2, 0) is 0 Å². The van der Waals surface area contributed by atoms with Crippen molar-refractivity contribution >= 4 is 50.1 Å². The summed E-state index contributed by atoms with van der Waals surface area (Å²) in [4.78, 5) is 13.2. The number of halogens is 3. The molecule has 0 amide bonds. The van der Waals surface area contributed by atoms with Gasteiger partial charge in [0.05, 0.1) is 9.26 Å². The Hall–Kier alpha value is -0.270. The maximum Gasteiger partial charge on any atom is 0.179 e. The molecule has 1 aliphatic rings. The van der Waals surface area contributed by atoms with Crippen LogP contribution in [0.1, 0.15) is 24.5 Å². The molecule has 92 valence electrons. The number of hydrogen-bond acceptors (Lipinski definition) is 3. The number of nitrogens with zero attached hydrogens (tertiary/aromatic N) is 3. The normalized spacial score (nSPS) is 14.8. The van der Waals surface area contributed by atoms with Crippen molar-refractivity contribution in [3.05, 3.63) is 37.2 Å². The molecule has 0 saturated heterocycles. The van der Waals surface area contributed by atoms with Crippen LogP contribution in [0.15, 0.2) is 22.8 Å². The quantitative estimate of drug-likeness (QED) is 0.516. The van der Waals surface area contributed by atoms with Crippen molar-refractivity contribution in [1.29, 1.82) is 0 Å². The highest BCUT2D eigenvalue weighted by Gasteiger charge is 2.29. The lowest BCUT2D eigenvalue weighted by molar-refractivity contribution is 0.972. The van der Waals surface area contributed by atoms with Gasteiger partial charge >= 0.3 is 0 Å². The maximum absolute atomic E-state index is 6.18. The largest absolute Gasteiger partial charge is 0.252 e. The molecule has 2 aromatic heterocycles. The second-order valence-electron chi connectivity index (χ2n) is 4.17. The average molecular weight is 436 g/mol. The van der Waals surface area contributed by atoms with Crippen LogP contribution >= 0.6 is 50.1 Å². The Morgan fingerprint density at radius 2 is 2.06 bits per heavy atom. The van der Waals surface area contributed by atoms with Gasteiger partial charge in [0.25, 0.3) is 0 Å². The van der Waals surface area contributed by atoms with E-state index in [-0.39, 0.29) is 0 Å². The van der Waals surface area contributed by atoms with Crippen LogP contribution in [0.4, 0.5) is 0 Å². The molecular weight excluding hydrogens is 428 g/mol. The van der Waals surface area contributed by atoms with Crippen molar-refractivity contribution in [2.24, 2.45) is 0 Å². The van der Waals surface area contributed by atoms with Crippen LogP contribution in [0, 0.1) is 3.57 Å². The SMILES string of the molecule is Clc1nc(-c2ccc(Br)cn2)nc(C2CC2)c1I. The molecule has 6 heteroatoms. The maximum atomic E-state index is 6.18. The predicted octanol–water partition coefficient (Wildman–Crippen LogP) is 4.44. The summed E-state index contributed by atoms with van der Waals surface area (Å²) in [5.41, 5.74) is 1.81. The van der Waals surface area contributed by atoms with Crippen LogP contribution < -0.4 is 0 Å². The second kappa shape index (κ2) is 5.02. The van der Waals surface area contributed by atoms with Crippen LogP contribution in [0.2, 0.25) is 5.15 Å². The molecule has 18 heavy (non-hydrogen) atoms. The molecule has 2 aromatic rings. The van der Waals surface area contributed by atoms with Gasteiger partial charge in [-0.05, 0) is 63.5 Å². The first kappa shape index (κ1) is 12.7. The van der Waals surface area contributed by atoms with Gasteiger partial charge in [-0.3, -0.25) is 4.98 Å². The minimum Gasteiger partial charge on any atom is -0.252 e. The molecule has 0 spiro atoms. The van der Waals surface area contributed by atoms with E-state index in [2.05, 4.69) is 53.5 Å². The molecule has 1 aliphatic carbocycles. The highest BCUT2D eigenvalue weighted by atomic mass is 127. The number of hydrogen-bond donors (Lipinski definition) is 0. The summed E-state index contributed by atoms with van der Waals surface area (Å²) in [5.74, 6) is 1.15. The first-order chi connectivity index (χ1) is 8.65. The summed E-state index contributed by atoms with van der Waals surface area (Å²) in [7, 11) is 0.